The van der Waals surface area contributed by atoms with Crippen LogP contribution in [-0.4, -0.2) is 11.1 Å². The lowest BCUT2D eigenvalue weighted by molar-refractivity contribution is 0.0696. The Morgan fingerprint density at radius 2 is 1.28 bits per heavy atom. The van der Waals surface area contributed by atoms with Crippen molar-refractivity contribution in [3.05, 3.63) is 113 Å². The van der Waals surface area contributed by atoms with Gasteiger partial charge in [-0.1, -0.05) is 85.8 Å². The summed E-state index contributed by atoms with van der Waals surface area (Å²) in [5.74, 6) is -0.859. The molecule has 0 atom stereocenters. The van der Waals surface area contributed by atoms with Crippen molar-refractivity contribution in [2.45, 2.75) is 21.3 Å². The fourth-order valence-corrected chi connectivity index (χ4v) is 2.26. The van der Waals surface area contributed by atoms with E-state index in [1.54, 1.807) is 19.1 Å². The van der Waals surface area contributed by atoms with Gasteiger partial charge in [0.25, 0.3) is 0 Å². The van der Waals surface area contributed by atoms with Gasteiger partial charge in [0.15, 0.2) is 0 Å². The van der Waals surface area contributed by atoms with Gasteiger partial charge in [0.2, 0.25) is 0 Å². The van der Waals surface area contributed by atoms with Crippen LogP contribution in [0.4, 0.5) is 0 Å². The summed E-state index contributed by atoms with van der Waals surface area (Å²) in [6.45, 7) is 3.75. The lowest BCUT2D eigenvalue weighted by atomic mass is 10.1. The van der Waals surface area contributed by atoms with Crippen molar-refractivity contribution < 1.29 is 9.90 Å². The van der Waals surface area contributed by atoms with Gasteiger partial charge in [-0.05, 0) is 36.6 Å². The molecule has 0 saturated heterocycles. The molecule has 2 radical (unpaired) electrons. The summed E-state index contributed by atoms with van der Waals surface area (Å²) >= 11 is 0. The zero-order chi connectivity index (χ0) is 17.4. The molecule has 0 fully saturated rings. The fourth-order valence-electron chi connectivity index (χ4n) is 2.26. The van der Waals surface area contributed by atoms with Gasteiger partial charge >= 0.3 is 5.97 Å². The van der Waals surface area contributed by atoms with Crippen LogP contribution in [0, 0.1) is 20.3 Å². The average molecular weight is 332 g/mol. The topological polar surface area (TPSA) is 37.3 Å². The molecule has 0 amide bonds. The van der Waals surface area contributed by atoms with Crippen LogP contribution in [0.3, 0.4) is 0 Å². The Morgan fingerprint density at radius 3 is 1.68 bits per heavy atom. The fraction of sp³-hybridized carbons (Fsp3) is 0.130. The largest absolute Gasteiger partial charge is 0.478 e. The zero-order valence-corrected chi connectivity index (χ0v) is 13.9. The molecule has 1 N–H and O–H groups in total. The molecule has 3 aromatic rings. The van der Waals surface area contributed by atoms with Crippen LogP contribution < -0.4 is 0 Å². The summed E-state index contributed by atoms with van der Waals surface area (Å²) in [6.07, 6.45) is 3.30. The first-order valence-corrected chi connectivity index (χ1v) is 7.74. The van der Waals surface area contributed by atoms with Gasteiger partial charge in [-0.2, -0.15) is 0 Å². The van der Waals surface area contributed by atoms with E-state index < -0.39 is 5.97 Å². The van der Waals surface area contributed by atoms with Gasteiger partial charge in [-0.15, -0.1) is 0 Å². The summed E-state index contributed by atoms with van der Waals surface area (Å²) in [4.78, 5) is 10.5. The Morgan fingerprint density at radius 1 is 0.800 bits per heavy atom. The maximum atomic E-state index is 10.5. The molecule has 0 heterocycles. The second-order valence-corrected chi connectivity index (χ2v) is 5.48. The molecule has 2 nitrogen and oxygen atoms in total. The summed E-state index contributed by atoms with van der Waals surface area (Å²) in [6, 6.07) is 25.6. The van der Waals surface area contributed by atoms with E-state index in [2.05, 4.69) is 6.42 Å². The first-order valence-electron chi connectivity index (χ1n) is 7.74. The van der Waals surface area contributed by atoms with E-state index in [0.717, 1.165) is 22.3 Å². The Hall–Kier alpha value is -2.87. The number of aryl methyl sites for hydroxylation is 2. The highest BCUT2D eigenvalue weighted by Gasteiger charge is 2.04. The van der Waals surface area contributed by atoms with Crippen molar-refractivity contribution in [1.29, 1.82) is 0 Å². The van der Waals surface area contributed by atoms with Gasteiger partial charge in [-0.3, -0.25) is 0 Å². The number of hydrogen-bond acceptors (Lipinski definition) is 1. The van der Waals surface area contributed by atoms with Crippen LogP contribution in [0.2, 0.25) is 0 Å². The van der Waals surface area contributed by atoms with E-state index >= 15 is 0 Å². The Kier molecular flexibility index (Phi) is 8.14. The number of hydrogen-bond donors (Lipinski definition) is 1. The van der Waals surface area contributed by atoms with E-state index in [1.165, 1.54) is 0 Å². The summed E-state index contributed by atoms with van der Waals surface area (Å²) in [7, 11) is 0. The van der Waals surface area contributed by atoms with Gasteiger partial charge in [0.05, 0.1) is 12.0 Å². The predicted octanol–water partition coefficient (Wildman–Crippen LogP) is 5.80. The SMILES string of the molecule is C.Cc1ccc(C(=O)O)c(C)c1.[C](c1ccccc1)c1ccccc1. The first kappa shape index (κ1) is 20.2. The Bertz CT molecular complexity index is 740. The summed E-state index contributed by atoms with van der Waals surface area (Å²) < 4.78 is 0. The number of carboxylic acids is 1. The molecule has 0 aliphatic rings. The maximum absolute atomic E-state index is 10.5. The monoisotopic (exact) mass is 332 g/mol. The van der Waals surface area contributed by atoms with Gasteiger partial charge in [0.1, 0.15) is 0 Å². The minimum Gasteiger partial charge on any atom is -0.478 e. The lowest BCUT2D eigenvalue weighted by Crippen LogP contribution is -1.99. The van der Waals surface area contributed by atoms with Crippen LogP contribution in [-0.2, 0) is 0 Å². The van der Waals surface area contributed by atoms with Crippen LogP contribution in [0.1, 0.15) is 40.0 Å². The molecule has 0 bridgehead atoms. The number of aromatic carboxylic acids is 1. The summed E-state index contributed by atoms with van der Waals surface area (Å²) in [5, 5.41) is 8.66. The molecular weight excluding hydrogens is 308 g/mol. The van der Waals surface area contributed by atoms with Crippen molar-refractivity contribution >= 4 is 5.97 Å². The van der Waals surface area contributed by atoms with Crippen molar-refractivity contribution in [2.75, 3.05) is 0 Å². The molecular formula is C23H24O2. The standard InChI is InChI=1S/C13H10.C9H10O2.CH4/c1-3-7-12(8-4-1)11-13-9-5-2-6-10-13;1-6-3-4-8(9(10)11)7(2)5-6;/h1-10H;3-5H,1-2H3,(H,10,11);1H4. The third kappa shape index (κ3) is 6.64. The number of benzene rings is 3. The second-order valence-electron chi connectivity index (χ2n) is 5.48. The molecule has 0 unspecified atom stereocenters. The van der Waals surface area contributed by atoms with Gasteiger partial charge < -0.3 is 5.11 Å². The van der Waals surface area contributed by atoms with Crippen molar-refractivity contribution in [3.63, 3.8) is 0 Å². The number of carboxylic acid groups (broad SMARTS) is 1. The van der Waals surface area contributed by atoms with Crippen molar-refractivity contribution in [1.82, 2.24) is 0 Å². The van der Waals surface area contributed by atoms with E-state index in [1.807, 2.05) is 73.7 Å². The molecule has 128 valence electrons. The van der Waals surface area contributed by atoms with E-state index in [-0.39, 0.29) is 7.43 Å². The predicted molar refractivity (Wildman–Crippen MR) is 104 cm³/mol. The molecule has 0 saturated carbocycles. The first-order chi connectivity index (χ1) is 11.6. The lowest BCUT2D eigenvalue weighted by Gasteiger charge is -2.00. The highest BCUT2D eigenvalue weighted by molar-refractivity contribution is 5.89. The molecule has 2 heteroatoms. The van der Waals surface area contributed by atoms with Crippen LogP contribution >= 0.6 is 0 Å². The second kappa shape index (κ2) is 10.1. The third-order valence-electron chi connectivity index (χ3n) is 3.45. The van der Waals surface area contributed by atoms with Crippen LogP contribution in [0.15, 0.2) is 78.9 Å². The molecule has 0 aliphatic carbocycles. The molecule has 3 aromatic carbocycles. The highest BCUT2D eigenvalue weighted by Crippen LogP contribution is 2.10. The van der Waals surface area contributed by atoms with Crippen molar-refractivity contribution in [3.8, 4) is 0 Å². The smallest absolute Gasteiger partial charge is 0.335 e. The quantitative estimate of drug-likeness (QED) is 0.658. The minimum absolute atomic E-state index is 0. The van der Waals surface area contributed by atoms with E-state index in [9.17, 15) is 4.79 Å². The van der Waals surface area contributed by atoms with Crippen molar-refractivity contribution in [2.24, 2.45) is 0 Å². The molecule has 0 spiro atoms. The molecule has 25 heavy (non-hydrogen) atoms. The molecule has 0 aromatic heterocycles. The Balaban J connectivity index is 0.000000244. The minimum atomic E-state index is -0.859. The van der Waals surface area contributed by atoms with Crippen LogP contribution in [0.5, 0.6) is 0 Å². The van der Waals surface area contributed by atoms with Gasteiger partial charge in [-0.25, -0.2) is 4.79 Å². The maximum Gasteiger partial charge on any atom is 0.335 e. The number of rotatable bonds is 3. The molecule has 3 rings (SSSR count). The summed E-state index contributed by atoms with van der Waals surface area (Å²) in [5.41, 5.74) is 4.53. The average Bonchev–Trinajstić information content (AvgIpc) is 2.57. The van der Waals surface area contributed by atoms with E-state index in [4.69, 9.17) is 5.11 Å². The Labute approximate surface area is 150 Å². The van der Waals surface area contributed by atoms with E-state index in [0.29, 0.717) is 5.56 Å². The normalized spacial score (nSPS) is 9.36. The zero-order valence-electron chi connectivity index (χ0n) is 13.9. The third-order valence-corrected chi connectivity index (χ3v) is 3.45. The molecule has 0 aliphatic heterocycles. The van der Waals surface area contributed by atoms with Gasteiger partial charge in [0, 0.05) is 0 Å². The highest BCUT2D eigenvalue weighted by atomic mass is 16.4. The number of carbonyl (C=O) groups is 1. The van der Waals surface area contributed by atoms with Crippen LogP contribution in [0.25, 0.3) is 0 Å².